The zero-order valence-corrected chi connectivity index (χ0v) is 16.9. The summed E-state index contributed by atoms with van der Waals surface area (Å²) in [7, 11) is 0. The van der Waals surface area contributed by atoms with Gasteiger partial charge in [-0.25, -0.2) is 5.43 Å². The van der Waals surface area contributed by atoms with Crippen molar-refractivity contribution in [2.45, 2.75) is 20.3 Å². The van der Waals surface area contributed by atoms with Crippen LogP contribution in [-0.2, 0) is 11.2 Å². The second-order valence-electron chi connectivity index (χ2n) is 6.77. The number of para-hydroxylation sites is 1. The number of nitrogens with one attached hydrogen (secondary N) is 1. The van der Waals surface area contributed by atoms with Crippen LogP contribution in [-0.4, -0.2) is 23.5 Å². The van der Waals surface area contributed by atoms with E-state index in [1.165, 1.54) is 0 Å². The first-order valence-corrected chi connectivity index (χ1v) is 9.55. The smallest absolute Gasteiger partial charge is 0.244 e. The molecule has 1 aliphatic rings. The Labute approximate surface area is 173 Å². The first kappa shape index (κ1) is 19.1. The minimum Gasteiger partial charge on any atom is -0.454 e. The minimum atomic E-state index is -0.208. The van der Waals surface area contributed by atoms with Crippen molar-refractivity contribution in [3.63, 3.8) is 0 Å². The highest BCUT2D eigenvalue weighted by Crippen LogP contribution is 2.32. The molecule has 0 atom stereocenters. The van der Waals surface area contributed by atoms with Crippen molar-refractivity contribution in [3.8, 4) is 17.2 Å². The Hall–Kier alpha value is -3.25. The van der Waals surface area contributed by atoms with Gasteiger partial charge in [0.25, 0.3) is 0 Å². The maximum atomic E-state index is 12.2. The molecule has 1 N–H and O–H groups in total. The average Bonchev–Trinajstić information content (AvgIpc) is 3.26. The molecule has 0 fully saturated rings. The number of hydrogen-bond acceptors (Lipinski definition) is 4. The molecule has 3 aromatic rings. The second-order valence-corrected chi connectivity index (χ2v) is 7.18. The summed E-state index contributed by atoms with van der Waals surface area (Å²) in [4.78, 5) is 12.2. The SMILES string of the molecule is Cc1cc(/C=N\NC(=O)Cc2ccc3c(c2)OCO3)c(C)n1-c1ccccc1Cl. The van der Waals surface area contributed by atoms with Crippen molar-refractivity contribution in [2.75, 3.05) is 6.79 Å². The van der Waals surface area contributed by atoms with Gasteiger partial charge in [0.05, 0.1) is 23.3 Å². The molecule has 0 radical (unpaired) electrons. The van der Waals surface area contributed by atoms with Gasteiger partial charge in [-0.3, -0.25) is 4.79 Å². The van der Waals surface area contributed by atoms with Crippen LogP contribution in [0.1, 0.15) is 22.5 Å². The van der Waals surface area contributed by atoms with Crippen molar-refractivity contribution in [1.82, 2.24) is 9.99 Å². The summed E-state index contributed by atoms with van der Waals surface area (Å²) in [6, 6.07) is 15.1. The van der Waals surface area contributed by atoms with E-state index < -0.39 is 0 Å². The highest BCUT2D eigenvalue weighted by molar-refractivity contribution is 6.32. The van der Waals surface area contributed by atoms with E-state index in [1.54, 1.807) is 12.3 Å². The van der Waals surface area contributed by atoms with Crippen molar-refractivity contribution >= 4 is 23.7 Å². The number of amides is 1. The molecule has 4 rings (SSSR count). The second kappa shape index (κ2) is 8.01. The summed E-state index contributed by atoms with van der Waals surface area (Å²) in [6.45, 7) is 4.21. The number of aryl methyl sites for hydroxylation is 1. The predicted molar refractivity (Wildman–Crippen MR) is 112 cm³/mol. The quantitative estimate of drug-likeness (QED) is 0.508. The lowest BCUT2D eigenvalue weighted by Crippen LogP contribution is -2.19. The van der Waals surface area contributed by atoms with E-state index in [9.17, 15) is 4.79 Å². The number of benzene rings is 2. The molecular formula is C22H20ClN3O3. The van der Waals surface area contributed by atoms with Crippen LogP contribution in [0.3, 0.4) is 0 Å². The van der Waals surface area contributed by atoms with Gasteiger partial charge in [0.1, 0.15) is 0 Å². The van der Waals surface area contributed by atoms with Crippen LogP contribution in [0.5, 0.6) is 11.5 Å². The summed E-state index contributed by atoms with van der Waals surface area (Å²) in [5, 5.41) is 4.79. The Morgan fingerprint density at radius 2 is 1.97 bits per heavy atom. The Bertz CT molecular complexity index is 1100. The number of rotatable bonds is 5. The number of carbonyl (C=O) groups is 1. The highest BCUT2D eigenvalue weighted by atomic mass is 35.5. The van der Waals surface area contributed by atoms with Crippen LogP contribution in [0.2, 0.25) is 5.02 Å². The molecule has 1 aromatic heterocycles. The van der Waals surface area contributed by atoms with Crippen molar-refractivity contribution < 1.29 is 14.3 Å². The first-order chi connectivity index (χ1) is 14.0. The topological polar surface area (TPSA) is 64.8 Å². The monoisotopic (exact) mass is 409 g/mol. The van der Waals surface area contributed by atoms with Crippen LogP contribution in [0.4, 0.5) is 0 Å². The number of nitrogens with zero attached hydrogens (tertiary/aromatic N) is 2. The number of carbonyl (C=O) groups excluding carboxylic acids is 1. The molecule has 0 saturated carbocycles. The van der Waals surface area contributed by atoms with E-state index in [2.05, 4.69) is 15.1 Å². The lowest BCUT2D eigenvalue weighted by Gasteiger charge is -2.11. The molecule has 6 nitrogen and oxygen atoms in total. The molecule has 29 heavy (non-hydrogen) atoms. The van der Waals surface area contributed by atoms with E-state index in [4.69, 9.17) is 21.1 Å². The lowest BCUT2D eigenvalue weighted by atomic mass is 10.1. The van der Waals surface area contributed by atoms with E-state index in [-0.39, 0.29) is 19.1 Å². The van der Waals surface area contributed by atoms with Gasteiger partial charge in [0.2, 0.25) is 12.7 Å². The molecule has 1 aliphatic heterocycles. The summed E-state index contributed by atoms with van der Waals surface area (Å²) in [5.74, 6) is 1.15. The molecular weight excluding hydrogens is 390 g/mol. The molecule has 2 heterocycles. The van der Waals surface area contributed by atoms with Crippen molar-refractivity contribution in [3.05, 3.63) is 76.1 Å². The third-order valence-corrected chi connectivity index (χ3v) is 5.08. The molecule has 0 spiro atoms. The molecule has 0 saturated heterocycles. The maximum absolute atomic E-state index is 12.2. The van der Waals surface area contributed by atoms with Gasteiger partial charge in [0, 0.05) is 17.0 Å². The summed E-state index contributed by atoms with van der Waals surface area (Å²) in [6.07, 6.45) is 1.85. The number of halogens is 1. The van der Waals surface area contributed by atoms with Gasteiger partial charge in [0.15, 0.2) is 11.5 Å². The Kier molecular flexibility index (Phi) is 5.27. The van der Waals surface area contributed by atoms with Crippen molar-refractivity contribution in [1.29, 1.82) is 0 Å². The summed E-state index contributed by atoms with van der Waals surface area (Å²) < 4.78 is 12.7. The molecule has 1 amide bonds. The van der Waals surface area contributed by atoms with E-state index in [0.29, 0.717) is 16.5 Å². The minimum absolute atomic E-state index is 0.201. The van der Waals surface area contributed by atoms with Crippen LogP contribution in [0.25, 0.3) is 5.69 Å². The number of ether oxygens (including phenoxy) is 2. The third-order valence-electron chi connectivity index (χ3n) is 4.76. The standard InChI is InChI=1S/C22H20ClN3O3/c1-14-9-17(15(2)26(14)19-6-4-3-5-18(19)23)12-24-25-22(27)11-16-7-8-20-21(10-16)29-13-28-20/h3-10,12H,11,13H2,1-2H3,(H,25,27)/b24-12-. The van der Waals surface area contributed by atoms with E-state index >= 15 is 0 Å². The van der Waals surface area contributed by atoms with Gasteiger partial charge in [-0.05, 0) is 49.7 Å². The third kappa shape index (κ3) is 3.98. The fourth-order valence-electron chi connectivity index (χ4n) is 3.37. The molecule has 0 unspecified atom stereocenters. The van der Waals surface area contributed by atoms with Crippen LogP contribution in [0.15, 0.2) is 53.6 Å². The van der Waals surface area contributed by atoms with Gasteiger partial charge in [-0.2, -0.15) is 5.10 Å². The number of hydrazone groups is 1. The van der Waals surface area contributed by atoms with E-state index in [0.717, 1.165) is 28.2 Å². The first-order valence-electron chi connectivity index (χ1n) is 9.17. The highest BCUT2D eigenvalue weighted by Gasteiger charge is 2.15. The van der Waals surface area contributed by atoms with E-state index in [1.807, 2.05) is 56.3 Å². The molecule has 0 aliphatic carbocycles. The zero-order chi connectivity index (χ0) is 20.4. The number of aromatic nitrogens is 1. The Balaban J connectivity index is 1.44. The summed E-state index contributed by atoms with van der Waals surface area (Å²) in [5.41, 5.74) is 7.25. The largest absolute Gasteiger partial charge is 0.454 e. The molecule has 148 valence electrons. The lowest BCUT2D eigenvalue weighted by molar-refractivity contribution is -0.120. The zero-order valence-electron chi connectivity index (χ0n) is 16.1. The van der Waals surface area contributed by atoms with Gasteiger partial charge < -0.3 is 14.0 Å². The van der Waals surface area contributed by atoms with Crippen molar-refractivity contribution in [2.24, 2.45) is 5.10 Å². The summed E-state index contributed by atoms with van der Waals surface area (Å²) >= 11 is 6.34. The van der Waals surface area contributed by atoms with Gasteiger partial charge in [-0.1, -0.05) is 29.8 Å². The van der Waals surface area contributed by atoms with Crippen LogP contribution >= 0.6 is 11.6 Å². The van der Waals surface area contributed by atoms with Gasteiger partial charge >= 0.3 is 0 Å². The average molecular weight is 410 g/mol. The Morgan fingerprint density at radius 1 is 1.17 bits per heavy atom. The Morgan fingerprint density at radius 3 is 2.79 bits per heavy atom. The molecule has 7 heteroatoms. The molecule has 2 aromatic carbocycles. The van der Waals surface area contributed by atoms with Crippen LogP contribution < -0.4 is 14.9 Å². The van der Waals surface area contributed by atoms with Crippen LogP contribution in [0, 0.1) is 13.8 Å². The number of fused-ring (bicyclic) bond motifs is 1. The fourth-order valence-corrected chi connectivity index (χ4v) is 3.59. The predicted octanol–water partition coefficient (Wildman–Crippen LogP) is 4.17. The number of hydrogen-bond donors (Lipinski definition) is 1. The molecule has 0 bridgehead atoms. The maximum Gasteiger partial charge on any atom is 0.244 e. The fraction of sp³-hybridized carbons (Fsp3) is 0.182. The van der Waals surface area contributed by atoms with Gasteiger partial charge in [-0.15, -0.1) is 0 Å². The normalized spacial score (nSPS) is 12.5.